The summed E-state index contributed by atoms with van der Waals surface area (Å²) >= 11 is 0. The van der Waals surface area contributed by atoms with Gasteiger partial charge in [0, 0.05) is 36.2 Å². The predicted octanol–water partition coefficient (Wildman–Crippen LogP) is 7.24. The Balaban J connectivity index is 1.31. The zero-order valence-corrected chi connectivity index (χ0v) is 23.8. The zero-order chi connectivity index (χ0) is 28.1. The van der Waals surface area contributed by atoms with Gasteiger partial charge in [-0.25, -0.2) is 0 Å². The number of ketones is 1. The second-order valence-corrected chi connectivity index (χ2v) is 10.6. The van der Waals surface area contributed by atoms with Crippen LogP contribution in [0.25, 0.3) is 22.3 Å². The Bertz CT molecular complexity index is 1470. The molecule has 1 fully saturated rings. The van der Waals surface area contributed by atoms with Gasteiger partial charge in [-0.15, -0.1) is 0 Å². The fourth-order valence-electron chi connectivity index (χ4n) is 5.29. The van der Waals surface area contributed by atoms with Gasteiger partial charge in [0.2, 0.25) is 0 Å². The van der Waals surface area contributed by atoms with E-state index in [1.165, 1.54) is 0 Å². The highest BCUT2D eigenvalue weighted by atomic mass is 16.5. The van der Waals surface area contributed by atoms with E-state index in [9.17, 15) is 4.79 Å². The minimum Gasteiger partial charge on any atom is -0.496 e. The highest BCUT2D eigenvalue weighted by Gasteiger charge is 2.18. The summed E-state index contributed by atoms with van der Waals surface area (Å²) in [6, 6.07) is 28.1. The fourth-order valence-corrected chi connectivity index (χ4v) is 5.29. The van der Waals surface area contributed by atoms with Crippen LogP contribution in [0.15, 0.2) is 84.9 Å². The Morgan fingerprint density at radius 1 is 0.800 bits per heavy atom. The molecule has 4 aromatic carbocycles. The third-order valence-electron chi connectivity index (χ3n) is 7.64. The van der Waals surface area contributed by atoms with E-state index in [0.29, 0.717) is 11.3 Å². The average molecular weight is 536 g/mol. The van der Waals surface area contributed by atoms with Crippen LogP contribution in [0.2, 0.25) is 0 Å². The molecule has 5 nitrogen and oxygen atoms in total. The van der Waals surface area contributed by atoms with Crippen LogP contribution in [0, 0.1) is 6.92 Å². The van der Waals surface area contributed by atoms with E-state index < -0.39 is 0 Å². The lowest BCUT2D eigenvalue weighted by Gasteiger charge is -2.29. The Morgan fingerprint density at radius 2 is 1.52 bits per heavy atom. The van der Waals surface area contributed by atoms with Gasteiger partial charge in [0.1, 0.15) is 23.4 Å². The number of piperidine rings is 1. The van der Waals surface area contributed by atoms with Crippen molar-refractivity contribution in [3.05, 3.63) is 102 Å². The molecule has 1 saturated heterocycles. The normalized spacial score (nSPS) is 14.1. The maximum absolute atomic E-state index is 13.4. The van der Waals surface area contributed by atoms with Crippen LogP contribution >= 0.6 is 0 Å². The number of benzene rings is 4. The van der Waals surface area contributed by atoms with E-state index >= 15 is 0 Å². The molecule has 0 bridgehead atoms. The van der Waals surface area contributed by atoms with Crippen molar-refractivity contribution in [1.29, 1.82) is 0 Å². The standard InChI is InChI=1S/C35H37NO4/c1-24-6-5-7-27(20-24)32-21-28(12-15-34(32)38-3)33(37)22-29-9-8-26(23-35(29)39-4)25-10-13-30(14-11-25)40-31-16-18-36(2)19-17-31/h5-15,20-21,23,31H,16-19,22H2,1-4H3. The molecule has 0 spiro atoms. The molecule has 0 aliphatic carbocycles. The number of hydrogen-bond donors (Lipinski definition) is 0. The molecule has 1 aliphatic heterocycles. The fraction of sp³-hybridized carbons (Fsp3) is 0.286. The Kier molecular flexibility index (Phi) is 8.51. The summed E-state index contributed by atoms with van der Waals surface area (Å²) in [5, 5.41) is 0. The molecule has 0 atom stereocenters. The number of hydrogen-bond acceptors (Lipinski definition) is 5. The third kappa shape index (κ3) is 6.37. The second kappa shape index (κ2) is 12.4. The summed E-state index contributed by atoms with van der Waals surface area (Å²) in [7, 11) is 5.45. The summed E-state index contributed by atoms with van der Waals surface area (Å²) in [5.74, 6) is 2.37. The number of Topliss-reactive ketones (excluding diaryl/α,β-unsaturated/α-hetero) is 1. The largest absolute Gasteiger partial charge is 0.496 e. The van der Waals surface area contributed by atoms with Gasteiger partial charge in [-0.05, 0) is 79.9 Å². The topological polar surface area (TPSA) is 48.0 Å². The van der Waals surface area contributed by atoms with Gasteiger partial charge in [-0.1, -0.05) is 54.1 Å². The lowest BCUT2D eigenvalue weighted by molar-refractivity contribution is 0.0992. The van der Waals surface area contributed by atoms with Crippen molar-refractivity contribution >= 4 is 5.78 Å². The van der Waals surface area contributed by atoms with Crippen molar-refractivity contribution in [2.24, 2.45) is 0 Å². The van der Waals surface area contributed by atoms with Crippen LogP contribution in [0.5, 0.6) is 17.2 Å². The molecule has 1 aliphatic rings. The molecular weight excluding hydrogens is 498 g/mol. The monoisotopic (exact) mass is 535 g/mol. The molecule has 0 amide bonds. The Morgan fingerprint density at radius 3 is 2.23 bits per heavy atom. The molecule has 0 saturated carbocycles. The molecule has 0 aromatic heterocycles. The molecule has 206 valence electrons. The van der Waals surface area contributed by atoms with E-state index in [0.717, 1.165) is 70.8 Å². The van der Waals surface area contributed by atoms with Crippen molar-refractivity contribution in [3.8, 4) is 39.5 Å². The molecule has 5 rings (SSSR count). The van der Waals surface area contributed by atoms with E-state index in [2.05, 4.69) is 43.1 Å². The summed E-state index contributed by atoms with van der Waals surface area (Å²) in [6.07, 6.45) is 2.63. The molecular formula is C35H37NO4. The van der Waals surface area contributed by atoms with Crippen molar-refractivity contribution in [2.45, 2.75) is 32.3 Å². The van der Waals surface area contributed by atoms with Crippen LogP contribution in [0.4, 0.5) is 0 Å². The number of likely N-dealkylation sites (tertiary alicyclic amines) is 1. The molecule has 4 aromatic rings. The van der Waals surface area contributed by atoms with Crippen molar-refractivity contribution in [1.82, 2.24) is 4.90 Å². The van der Waals surface area contributed by atoms with Gasteiger partial charge < -0.3 is 19.1 Å². The summed E-state index contributed by atoms with van der Waals surface area (Å²) in [4.78, 5) is 15.7. The minimum atomic E-state index is 0.0259. The smallest absolute Gasteiger partial charge is 0.167 e. The van der Waals surface area contributed by atoms with E-state index in [4.69, 9.17) is 14.2 Å². The molecule has 0 unspecified atom stereocenters. The summed E-state index contributed by atoms with van der Waals surface area (Å²) in [6.45, 7) is 4.20. The molecule has 40 heavy (non-hydrogen) atoms. The first-order chi connectivity index (χ1) is 19.4. The SMILES string of the molecule is COc1cc(-c2ccc(OC3CCN(C)CC3)cc2)ccc1CC(=O)c1ccc(OC)c(-c2cccc(C)c2)c1. The van der Waals surface area contributed by atoms with Crippen LogP contribution in [0.1, 0.15) is 34.3 Å². The number of aryl methyl sites for hydroxylation is 1. The van der Waals surface area contributed by atoms with Crippen LogP contribution in [-0.4, -0.2) is 51.1 Å². The molecule has 1 heterocycles. The summed E-state index contributed by atoms with van der Waals surface area (Å²) in [5.41, 5.74) is 6.68. The third-order valence-corrected chi connectivity index (χ3v) is 7.64. The van der Waals surface area contributed by atoms with Crippen LogP contribution in [0.3, 0.4) is 0 Å². The number of methoxy groups -OCH3 is 2. The van der Waals surface area contributed by atoms with Crippen molar-refractivity contribution < 1.29 is 19.0 Å². The first-order valence-electron chi connectivity index (χ1n) is 13.8. The van der Waals surface area contributed by atoms with Gasteiger partial charge >= 0.3 is 0 Å². The van der Waals surface area contributed by atoms with Gasteiger partial charge in [-0.3, -0.25) is 4.79 Å². The van der Waals surface area contributed by atoms with Gasteiger partial charge in [0.15, 0.2) is 5.78 Å². The quantitative estimate of drug-likeness (QED) is 0.211. The molecule has 5 heteroatoms. The number of carbonyl (C=O) groups excluding carboxylic acids is 1. The lowest BCUT2D eigenvalue weighted by atomic mass is 9.95. The molecule has 0 N–H and O–H groups in total. The van der Waals surface area contributed by atoms with E-state index in [1.54, 1.807) is 14.2 Å². The van der Waals surface area contributed by atoms with E-state index in [-0.39, 0.29) is 18.3 Å². The number of rotatable bonds is 9. The van der Waals surface area contributed by atoms with Crippen LogP contribution in [-0.2, 0) is 6.42 Å². The van der Waals surface area contributed by atoms with Gasteiger partial charge in [-0.2, -0.15) is 0 Å². The second-order valence-electron chi connectivity index (χ2n) is 10.6. The Hall–Kier alpha value is -4.09. The van der Waals surface area contributed by atoms with E-state index in [1.807, 2.05) is 60.7 Å². The Labute approximate surface area is 237 Å². The minimum absolute atomic E-state index is 0.0259. The van der Waals surface area contributed by atoms with Crippen molar-refractivity contribution in [2.75, 3.05) is 34.4 Å². The first kappa shape index (κ1) is 27.5. The van der Waals surface area contributed by atoms with Gasteiger partial charge in [0.25, 0.3) is 0 Å². The number of carbonyl (C=O) groups is 1. The first-order valence-corrected chi connectivity index (χ1v) is 13.8. The number of ether oxygens (including phenoxy) is 3. The van der Waals surface area contributed by atoms with Gasteiger partial charge in [0.05, 0.1) is 14.2 Å². The maximum Gasteiger partial charge on any atom is 0.167 e. The highest BCUT2D eigenvalue weighted by molar-refractivity contribution is 5.99. The van der Waals surface area contributed by atoms with Crippen molar-refractivity contribution in [3.63, 3.8) is 0 Å². The molecule has 0 radical (unpaired) electrons. The maximum atomic E-state index is 13.4. The van der Waals surface area contributed by atoms with Crippen LogP contribution < -0.4 is 14.2 Å². The highest BCUT2D eigenvalue weighted by Crippen LogP contribution is 2.33. The predicted molar refractivity (Wildman–Crippen MR) is 161 cm³/mol. The number of nitrogens with zero attached hydrogens (tertiary/aromatic N) is 1. The summed E-state index contributed by atoms with van der Waals surface area (Å²) < 4.78 is 17.5. The lowest BCUT2D eigenvalue weighted by Crippen LogP contribution is -2.35. The average Bonchev–Trinajstić information content (AvgIpc) is 2.98. The zero-order valence-electron chi connectivity index (χ0n) is 23.8.